The molecule has 0 unspecified atom stereocenters. The molecule has 148 valence electrons. The molecule has 1 saturated carbocycles. The van der Waals surface area contributed by atoms with Crippen molar-refractivity contribution in [2.45, 2.75) is 44.8 Å². The van der Waals surface area contributed by atoms with Crippen molar-refractivity contribution in [3.05, 3.63) is 0 Å². The van der Waals surface area contributed by atoms with Gasteiger partial charge < -0.3 is 20.7 Å². The summed E-state index contributed by atoms with van der Waals surface area (Å²) in [5, 5.41) is 8.78. The van der Waals surface area contributed by atoms with Crippen LogP contribution in [0.1, 0.15) is 32.6 Å². The molecule has 25 heavy (non-hydrogen) atoms. The molecule has 6 nitrogen and oxygen atoms in total. The maximum atomic E-state index is 12.7. The average molecular weight is 480 g/mol. The number of nitrogens with zero attached hydrogens (tertiary/aromatic N) is 1. The number of hydrogen-bond donors (Lipinski definition) is 3. The molecule has 0 saturated heterocycles. The molecule has 1 aliphatic carbocycles. The summed E-state index contributed by atoms with van der Waals surface area (Å²) in [5.41, 5.74) is 0. The van der Waals surface area contributed by atoms with Crippen LogP contribution in [0.25, 0.3) is 0 Å². The van der Waals surface area contributed by atoms with Gasteiger partial charge in [-0.25, -0.2) is 4.99 Å². The van der Waals surface area contributed by atoms with E-state index < -0.39 is 12.1 Å². The Balaban J connectivity index is 0.00000576. The topological polar surface area (TPSA) is 74.8 Å². The summed E-state index contributed by atoms with van der Waals surface area (Å²) in [6.07, 6.45) is -2.98. The number of carbonyl (C=O) groups is 1. The van der Waals surface area contributed by atoms with E-state index in [9.17, 15) is 18.0 Å². The number of ether oxygens (including phenoxy) is 1. The summed E-state index contributed by atoms with van der Waals surface area (Å²) >= 11 is 0. The Morgan fingerprint density at radius 2 is 1.84 bits per heavy atom. The minimum atomic E-state index is -4.11. The van der Waals surface area contributed by atoms with E-state index in [0.717, 1.165) is 0 Å². The van der Waals surface area contributed by atoms with Crippen molar-refractivity contribution >= 4 is 35.8 Å². The van der Waals surface area contributed by atoms with Crippen LogP contribution in [0.5, 0.6) is 0 Å². The van der Waals surface area contributed by atoms with Gasteiger partial charge in [-0.05, 0) is 32.6 Å². The van der Waals surface area contributed by atoms with Crippen LogP contribution in [0.2, 0.25) is 0 Å². The second kappa shape index (κ2) is 12.6. The zero-order valence-electron chi connectivity index (χ0n) is 14.6. The van der Waals surface area contributed by atoms with Gasteiger partial charge in [0.05, 0.1) is 12.5 Å². The number of methoxy groups -OCH3 is 1. The third-order valence-electron chi connectivity index (χ3n) is 3.88. The fourth-order valence-electron chi connectivity index (χ4n) is 2.58. The minimum Gasteiger partial charge on any atom is -0.383 e. The first-order valence-electron chi connectivity index (χ1n) is 8.24. The van der Waals surface area contributed by atoms with Crippen LogP contribution in [0.15, 0.2) is 4.99 Å². The monoisotopic (exact) mass is 480 g/mol. The number of nitrogens with one attached hydrogen (secondary N) is 3. The Bertz CT molecular complexity index is 414. The maximum absolute atomic E-state index is 12.7. The molecule has 1 fully saturated rings. The highest BCUT2D eigenvalue weighted by molar-refractivity contribution is 14.0. The van der Waals surface area contributed by atoms with Gasteiger partial charge in [-0.1, -0.05) is 0 Å². The molecule has 0 aliphatic heterocycles. The normalized spacial score (nSPS) is 21.2. The van der Waals surface area contributed by atoms with Gasteiger partial charge in [0.2, 0.25) is 5.91 Å². The molecule has 0 radical (unpaired) electrons. The highest BCUT2D eigenvalue weighted by Gasteiger charge is 2.41. The fourth-order valence-corrected chi connectivity index (χ4v) is 2.58. The Morgan fingerprint density at radius 1 is 1.20 bits per heavy atom. The Morgan fingerprint density at radius 3 is 2.36 bits per heavy atom. The van der Waals surface area contributed by atoms with Gasteiger partial charge in [0.15, 0.2) is 5.96 Å². The lowest BCUT2D eigenvalue weighted by atomic mass is 9.85. The number of halogens is 4. The van der Waals surface area contributed by atoms with Gasteiger partial charge in [0.25, 0.3) is 0 Å². The molecule has 0 aromatic rings. The predicted octanol–water partition coefficient (Wildman–Crippen LogP) is 2.04. The largest absolute Gasteiger partial charge is 0.391 e. The molecule has 3 N–H and O–H groups in total. The predicted molar refractivity (Wildman–Crippen MR) is 101 cm³/mol. The van der Waals surface area contributed by atoms with Gasteiger partial charge in [-0.3, -0.25) is 4.79 Å². The molecule has 1 amide bonds. The summed E-state index contributed by atoms with van der Waals surface area (Å²) in [4.78, 5) is 15.8. The van der Waals surface area contributed by atoms with Crippen molar-refractivity contribution in [1.29, 1.82) is 0 Å². The average Bonchev–Trinajstić information content (AvgIpc) is 2.53. The molecule has 0 spiro atoms. The molecule has 0 atom stereocenters. The number of guanidine groups is 1. The highest BCUT2D eigenvalue weighted by atomic mass is 127. The zero-order chi connectivity index (χ0) is 18.0. The molecule has 0 aromatic heterocycles. The minimum absolute atomic E-state index is 0. The van der Waals surface area contributed by atoms with E-state index in [1.165, 1.54) is 0 Å². The van der Waals surface area contributed by atoms with Crippen molar-refractivity contribution in [1.82, 2.24) is 16.0 Å². The van der Waals surface area contributed by atoms with E-state index in [1.54, 1.807) is 7.11 Å². The first kappa shape index (κ1) is 24.2. The quantitative estimate of drug-likeness (QED) is 0.226. The SMILES string of the molecule is CCNC(=NCC(=O)NCCOC)NC1CCC(C(F)(F)F)CC1.I. The lowest BCUT2D eigenvalue weighted by molar-refractivity contribution is -0.182. The van der Waals surface area contributed by atoms with Crippen LogP contribution in [0.3, 0.4) is 0 Å². The number of carbonyl (C=O) groups excluding carboxylic acids is 1. The third-order valence-corrected chi connectivity index (χ3v) is 3.88. The second-order valence-electron chi connectivity index (χ2n) is 5.77. The van der Waals surface area contributed by atoms with Gasteiger partial charge >= 0.3 is 6.18 Å². The maximum Gasteiger partial charge on any atom is 0.391 e. The smallest absolute Gasteiger partial charge is 0.383 e. The second-order valence-corrected chi connectivity index (χ2v) is 5.77. The van der Waals surface area contributed by atoms with Crippen LogP contribution in [-0.2, 0) is 9.53 Å². The highest BCUT2D eigenvalue weighted by Crippen LogP contribution is 2.37. The summed E-state index contributed by atoms with van der Waals surface area (Å²) in [7, 11) is 1.55. The van der Waals surface area contributed by atoms with E-state index in [2.05, 4.69) is 20.9 Å². The number of amides is 1. The molecule has 1 rings (SSSR count). The zero-order valence-corrected chi connectivity index (χ0v) is 16.9. The number of hydrogen-bond acceptors (Lipinski definition) is 3. The molecule has 0 heterocycles. The van der Waals surface area contributed by atoms with E-state index in [1.807, 2.05) is 6.92 Å². The summed E-state index contributed by atoms with van der Waals surface area (Å²) in [5.74, 6) is -0.985. The third kappa shape index (κ3) is 10.1. The molecule has 0 bridgehead atoms. The van der Waals surface area contributed by atoms with Crippen molar-refractivity contribution in [2.24, 2.45) is 10.9 Å². The van der Waals surface area contributed by atoms with E-state index >= 15 is 0 Å². The fraction of sp³-hybridized carbons (Fsp3) is 0.867. The Labute approximate surface area is 163 Å². The molecular formula is C15H28F3IN4O2. The van der Waals surface area contributed by atoms with Gasteiger partial charge in [0, 0.05) is 26.2 Å². The van der Waals surface area contributed by atoms with E-state index in [-0.39, 0.29) is 55.3 Å². The van der Waals surface area contributed by atoms with Crippen LogP contribution in [0.4, 0.5) is 13.2 Å². The Hall–Kier alpha value is -0.780. The van der Waals surface area contributed by atoms with E-state index in [0.29, 0.717) is 38.5 Å². The molecule has 10 heteroatoms. The van der Waals surface area contributed by atoms with Crippen LogP contribution in [-0.4, -0.2) is 57.4 Å². The number of alkyl halides is 3. The van der Waals surface area contributed by atoms with Crippen LogP contribution >= 0.6 is 24.0 Å². The summed E-state index contributed by atoms with van der Waals surface area (Å²) < 4.78 is 42.9. The van der Waals surface area contributed by atoms with Crippen LogP contribution < -0.4 is 16.0 Å². The standard InChI is InChI=1S/C15H27F3N4O2.HI/c1-3-19-14(21-10-13(23)20-8-9-24-2)22-12-6-4-11(5-7-12)15(16,17)18;/h11-12H,3-10H2,1-2H3,(H,20,23)(H2,19,21,22);1H. The number of aliphatic imine (C=N–C) groups is 1. The molecule has 1 aliphatic rings. The van der Waals surface area contributed by atoms with Crippen LogP contribution in [0, 0.1) is 5.92 Å². The van der Waals surface area contributed by atoms with Crippen molar-refractivity contribution in [3.63, 3.8) is 0 Å². The summed E-state index contributed by atoms with van der Waals surface area (Å²) in [6, 6.07) is -0.0575. The van der Waals surface area contributed by atoms with Gasteiger partial charge in [0.1, 0.15) is 6.54 Å². The summed E-state index contributed by atoms with van der Waals surface area (Å²) in [6.45, 7) is 3.29. The van der Waals surface area contributed by atoms with Crippen molar-refractivity contribution < 1.29 is 22.7 Å². The Kier molecular flexibility index (Phi) is 12.2. The van der Waals surface area contributed by atoms with E-state index in [4.69, 9.17) is 4.74 Å². The lowest BCUT2D eigenvalue weighted by Crippen LogP contribution is -2.46. The first-order valence-corrected chi connectivity index (χ1v) is 8.24. The van der Waals surface area contributed by atoms with Gasteiger partial charge in [-0.2, -0.15) is 13.2 Å². The lowest BCUT2D eigenvalue weighted by Gasteiger charge is -2.31. The number of rotatable bonds is 7. The first-order chi connectivity index (χ1) is 11.4. The van der Waals surface area contributed by atoms with Crippen molar-refractivity contribution in [3.8, 4) is 0 Å². The molecular weight excluding hydrogens is 452 g/mol. The van der Waals surface area contributed by atoms with Gasteiger partial charge in [-0.15, -0.1) is 24.0 Å². The van der Waals surface area contributed by atoms with Crippen molar-refractivity contribution in [2.75, 3.05) is 33.4 Å². The molecule has 0 aromatic carbocycles.